The molecular formula is C30H42BN4O6. The third kappa shape index (κ3) is 9.13. The minimum atomic E-state index is -0.490. The van der Waals surface area contributed by atoms with Crippen LogP contribution >= 0.6 is 0 Å². The van der Waals surface area contributed by atoms with Gasteiger partial charge < -0.3 is 38.4 Å². The smallest absolute Gasteiger partial charge is 0.526 e. The van der Waals surface area contributed by atoms with E-state index in [1.807, 2.05) is 90.1 Å². The van der Waals surface area contributed by atoms with E-state index >= 15 is 0 Å². The fourth-order valence-corrected chi connectivity index (χ4v) is 4.55. The van der Waals surface area contributed by atoms with Crippen molar-refractivity contribution in [2.45, 2.75) is 52.7 Å². The van der Waals surface area contributed by atoms with E-state index in [9.17, 15) is 9.59 Å². The van der Waals surface area contributed by atoms with Crippen molar-refractivity contribution in [3.63, 3.8) is 0 Å². The van der Waals surface area contributed by atoms with Crippen molar-refractivity contribution >= 4 is 31.2 Å². The summed E-state index contributed by atoms with van der Waals surface area (Å²) < 4.78 is 22.3. The number of nitrogens with zero attached hydrogens (tertiary/aromatic N) is 4. The molecule has 2 amide bonds. The summed E-state index contributed by atoms with van der Waals surface area (Å²) in [5, 5.41) is 0. The second-order valence-electron chi connectivity index (χ2n) is 12.2. The summed E-state index contributed by atoms with van der Waals surface area (Å²) >= 11 is 0. The lowest BCUT2D eigenvalue weighted by molar-refractivity contribution is 0.0230. The first-order chi connectivity index (χ1) is 19.4. The summed E-state index contributed by atoms with van der Waals surface area (Å²) in [7, 11) is 1.32. The van der Waals surface area contributed by atoms with E-state index in [1.54, 1.807) is 9.80 Å². The highest BCUT2D eigenvalue weighted by Crippen LogP contribution is 2.23. The first-order valence-electron chi connectivity index (χ1n) is 14.2. The van der Waals surface area contributed by atoms with Gasteiger partial charge in [0.2, 0.25) is 0 Å². The number of carbonyl (C=O) groups is 2. The second-order valence-corrected chi connectivity index (χ2v) is 12.2. The molecule has 0 atom stereocenters. The molecule has 0 bridgehead atoms. The van der Waals surface area contributed by atoms with Crippen molar-refractivity contribution < 1.29 is 28.4 Å². The summed E-state index contributed by atoms with van der Waals surface area (Å²) in [6.45, 7) is 16.7. The van der Waals surface area contributed by atoms with Gasteiger partial charge in [-0.15, -0.1) is 0 Å². The SMILES string of the molecule is CC(C)(C)OC(=O)N1CCN(c2ccc(O[B]Oc3ccc(N4CCN(C(=O)OC(C)(C)C)CC4)cc3)cc2)CC1. The molecule has 0 saturated carbocycles. The zero-order valence-electron chi connectivity index (χ0n) is 25.1. The fourth-order valence-electron chi connectivity index (χ4n) is 4.55. The molecule has 0 unspecified atom stereocenters. The van der Waals surface area contributed by atoms with Crippen LogP contribution in [0.4, 0.5) is 21.0 Å². The maximum absolute atomic E-state index is 12.3. The highest BCUT2D eigenvalue weighted by molar-refractivity contribution is 6.20. The number of anilines is 2. The van der Waals surface area contributed by atoms with Gasteiger partial charge in [0.15, 0.2) is 0 Å². The van der Waals surface area contributed by atoms with Crippen LogP contribution in [0.2, 0.25) is 0 Å². The molecule has 1 radical (unpaired) electrons. The maximum atomic E-state index is 12.3. The Morgan fingerprint density at radius 2 is 0.878 bits per heavy atom. The van der Waals surface area contributed by atoms with Crippen molar-refractivity contribution in [1.82, 2.24) is 9.80 Å². The number of hydrogen-bond donors (Lipinski definition) is 0. The van der Waals surface area contributed by atoms with Crippen LogP contribution in [-0.4, -0.2) is 93.2 Å². The van der Waals surface area contributed by atoms with Crippen LogP contribution in [0.15, 0.2) is 48.5 Å². The van der Waals surface area contributed by atoms with Gasteiger partial charge in [-0.1, -0.05) is 0 Å². The van der Waals surface area contributed by atoms with Crippen molar-refractivity contribution in [2.24, 2.45) is 0 Å². The number of carbonyl (C=O) groups excluding carboxylic acids is 2. The van der Waals surface area contributed by atoms with Gasteiger partial charge >= 0.3 is 19.9 Å². The molecule has 2 aliphatic rings. The van der Waals surface area contributed by atoms with Crippen molar-refractivity contribution in [3.05, 3.63) is 48.5 Å². The summed E-state index contributed by atoms with van der Waals surface area (Å²) in [4.78, 5) is 32.6. The molecule has 0 spiro atoms. The van der Waals surface area contributed by atoms with E-state index in [0.717, 1.165) is 37.6 Å². The highest BCUT2D eigenvalue weighted by atomic mass is 16.6. The number of benzene rings is 2. The second kappa shape index (κ2) is 12.8. The van der Waals surface area contributed by atoms with E-state index in [4.69, 9.17) is 18.8 Å². The summed E-state index contributed by atoms with van der Waals surface area (Å²) in [5.41, 5.74) is 1.17. The molecule has 11 heteroatoms. The molecular weight excluding hydrogens is 523 g/mol. The molecule has 2 fully saturated rings. The molecule has 0 aromatic heterocycles. The Kier molecular flexibility index (Phi) is 9.45. The van der Waals surface area contributed by atoms with Gasteiger partial charge in [0.25, 0.3) is 0 Å². The molecule has 4 rings (SSSR count). The zero-order valence-corrected chi connectivity index (χ0v) is 25.1. The van der Waals surface area contributed by atoms with Gasteiger partial charge in [0, 0.05) is 63.7 Å². The van der Waals surface area contributed by atoms with Crippen LogP contribution in [-0.2, 0) is 9.47 Å². The molecule has 2 saturated heterocycles. The van der Waals surface area contributed by atoms with Gasteiger partial charge in [0.05, 0.1) is 0 Å². The fraction of sp³-hybridized carbons (Fsp3) is 0.533. The predicted octanol–water partition coefficient (Wildman–Crippen LogP) is 4.79. The van der Waals surface area contributed by atoms with Crippen molar-refractivity contribution in [1.29, 1.82) is 0 Å². The monoisotopic (exact) mass is 565 g/mol. The van der Waals surface area contributed by atoms with Crippen LogP contribution in [0.5, 0.6) is 11.5 Å². The van der Waals surface area contributed by atoms with Crippen LogP contribution in [0, 0.1) is 0 Å². The quantitative estimate of drug-likeness (QED) is 0.463. The molecule has 2 aromatic rings. The normalized spacial score (nSPS) is 16.2. The average Bonchev–Trinajstić information content (AvgIpc) is 2.92. The van der Waals surface area contributed by atoms with Crippen LogP contribution in [0.3, 0.4) is 0 Å². The van der Waals surface area contributed by atoms with Gasteiger partial charge in [-0.2, -0.15) is 0 Å². The third-order valence-corrected chi connectivity index (χ3v) is 6.63. The van der Waals surface area contributed by atoms with Gasteiger partial charge in [-0.25, -0.2) is 9.59 Å². The Morgan fingerprint density at radius 3 is 1.17 bits per heavy atom. The van der Waals surface area contributed by atoms with Crippen LogP contribution in [0.25, 0.3) is 0 Å². The number of amides is 2. The Balaban J connectivity index is 1.17. The van der Waals surface area contributed by atoms with Gasteiger partial charge in [-0.05, 0) is 90.1 Å². The molecule has 221 valence electrons. The number of ether oxygens (including phenoxy) is 2. The van der Waals surface area contributed by atoms with Crippen LogP contribution in [0.1, 0.15) is 41.5 Å². The van der Waals surface area contributed by atoms with Crippen molar-refractivity contribution in [3.8, 4) is 11.5 Å². The zero-order chi connectivity index (χ0) is 29.6. The standard InChI is InChI=1S/C30H42BN4O6/c1-29(2,3)38-27(36)34-19-15-32(16-20-34)23-7-11-25(12-8-23)40-31-41-26-13-9-24(10-14-26)33-17-21-35(22-18-33)28(37)39-30(4,5)6/h7-14H,15-22H2,1-6H3. The van der Waals surface area contributed by atoms with Gasteiger partial charge in [0.1, 0.15) is 22.7 Å². The molecule has 41 heavy (non-hydrogen) atoms. The van der Waals surface area contributed by atoms with E-state index in [-0.39, 0.29) is 12.2 Å². The lowest BCUT2D eigenvalue weighted by atomic mass is 10.2. The largest absolute Gasteiger partial charge is 0.658 e. The maximum Gasteiger partial charge on any atom is 0.658 e. The number of hydrogen-bond acceptors (Lipinski definition) is 8. The minimum Gasteiger partial charge on any atom is -0.526 e. The Labute approximate surface area is 244 Å². The Hall–Kier alpha value is -3.76. The van der Waals surface area contributed by atoms with Crippen molar-refractivity contribution in [2.75, 3.05) is 62.2 Å². The lowest BCUT2D eigenvalue weighted by Gasteiger charge is -2.36. The summed E-state index contributed by atoms with van der Waals surface area (Å²) in [6, 6.07) is 15.6. The van der Waals surface area contributed by atoms with Crippen LogP contribution < -0.4 is 19.1 Å². The topological polar surface area (TPSA) is 84.0 Å². The molecule has 2 heterocycles. The molecule has 0 N–H and O–H groups in total. The van der Waals surface area contributed by atoms with E-state index in [1.165, 1.54) is 7.69 Å². The first kappa shape index (κ1) is 30.2. The number of piperazine rings is 2. The molecule has 0 aliphatic carbocycles. The molecule has 2 aromatic carbocycles. The number of rotatable bonds is 6. The van der Waals surface area contributed by atoms with E-state index < -0.39 is 11.2 Å². The van der Waals surface area contributed by atoms with E-state index in [2.05, 4.69) is 9.80 Å². The molecule has 2 aliphatic heterocycles. The summed E-state index contributed by atoms with van der Waals surface area (Å²) in [5.74, 6) is 1.33. The summed E-state index contributed by atoms with van der Waals surface area (Å²) in [6.07, 6.45) is -0.520. The molecule has 10 nitrogen and oxygen atoms in total. The highest BCUT2D eigenvalue weighted by Gasteiger charge is 2.27. The lowest BCUT2D eigenvalue weighted by Crippen LogP contribution is -2.50. The van der Waals surface area contributed by atoms with E-state index in [0.29, 0.717) is 37.7 Å². The Morgan fingerprint density at radius 1 is 0.561 bits per heavy atom. The minimum absolute atomic E-state index is 0.260. The Bertz CT molecular complexity index is 1060. The average molecular weight is 566 g/mol. The van der Waals surface area contributed by atoms with Gasteiger partial charge in [-0.3, -0.25) is 0 Å². The third-order valence-electron chi connectivity index (χ3n) is 6.63. The predicted molar refractivity (Wildman–Crippen MR) is 160 cm³/mol. The first-order valence-corrected chi connectivity index (χ1v) is 14.2.